The molecule has 78 heavy (non-hydrogen) atoms. The van der Waals surface area contributed by atoms with Crippen molar-refractivity contribution >= 4 is 112 Å². The van der Waals surface area contributed by atoms with Crippen LogP contribution in [0.25, 0.3) is 54.9 Å². The number of hydrogen-bond acceptors (Lipinski definition) is 0. The van der Waals surface area contributed by atoms with E-state index in [1.54, 1.807) is 20.7 Å². The first-order valence-electron chi connectivity index (χ1n) is 28.9. The summed E-state index contributed by atoms with van der Waals surface area (Å²) in [5.74, 6) is 0. The van der Waals surface area contributed by atoms with Gasteiger partial charge in [-0.05, 0) is 34.8 Å². The summed E-state index contributed by atoms with van der Waals surface area (Å²) in [6.45, 7) is 48.5. The zero-order chi connectivity index (χ0) is 57.8. The summed E-state index contributed by atoms with van der Waals surface area (Å²) >= 11 is -0.826. The number of halogens is 2. The molecule has 8 aromatic carbocycles. The molecule has 0 fully saturated rings. The van der Waals surface area contributed by atoms with Gasteiger partial charge in [-0.1, -0.05) is 274 Å². The van der Waals surface area contributed by atoms with Crippen molar-refractivity contribution in [1.82, 2.24) is 0 Å². The van der Waals surface area contributed by atoms with Crippen molar-refractivity contribution in [3.8, 4) is 33.4 Å². The van der Waals surface area contributed by atoms with Gasteiger partial charge >= 0.3 is 37.9 Å². The molecule has 8 heteroatoms. The Morgan fingerprint density at radius 3 is 1.22 bits per heavy atom. The minimum Gasteiger partial charge on any atom is -0.184 e. The largest absolute Gasteiger partial charge is 0.184 e. The Morgan fingerprint density at radius 2 is 0.859 bits per heavy atom. The second-order valence-electron chi connectivity index (χ2n) is 28.2. The smallest absolute Gasteiger partial charge is 0.0920 e. The molecule has 0 atom stereocenters. The van der Waals surface area contributed by atoms with Crippen molar-refractivity contribution in [1.29, 1.82) is 0 Å². The zero-order valence-corrected chi connectivity index (χ0v) is 60.6. The molecule has 1 heterocycles. The van der Waals surface area contributed by atoms with E-state index in [9.17, 15) is 0 Å². The molecular formula is C70H93Cl2Si5Zr-3. The fraction of sp³-hybridized carbons (Fsp3) is 0.400. The molecule has 0 aliphatic carbocycles. The van der Waals surface area contributed by atoms with Crippen LogP contribution in [0, 0.1) is 6.07 Å². The molecule has 0 bridgehead atoms. The number of hydrogen-bond donors (Lipinski definition) is 0. The summed E-state index contributed by atoms with van der Waals surface area (Å²) in [6, 6.07) is 52.8. The van der Waals surface area contributed by atoms with Crippen molar-refractivity contribution in [3.05, 3.63) is 156 Å². The van der Waals surface area contributed by atoms with Gasteiger partial charge < -0.3 is 0 Å². The molecule has 0 unspecified atom stereocenters. The summed E-state index contributed by atoms with van der Waals surface area (Å²) < 4.78 is 0. The second kappa shape index (κ2) is 26.1. The zero-order valence-electron chi connectivity index (χ0n) is 51.6. The first-order valence-corrected chi connectivity index (χ1v) is 50.2. The third kappa shape index (κ3) is 16.2. The summed E-state index contributed by atoms with van der Waals surface area (Å²) in [6.07, 6.45) is 7.40. The maximum absolute atomic E-state index is 4.93. The number of fused-ring (bicyclic) bond motifs is 5. The Bertz CT molecular complexity index is 3010. The normalized spacial score (nSPS) is 12.7. The van der Waals surface area contributed by atoms with E-state index in [0.717, 1.165) is 9.52 Å². The second-order valence-corrected chi connectivity index (χ2v) is 53.5. The van der Waals surface area contributed by atoms with Gasteiger partial charge in [0.05, 0.1) is 41.8 Å². The Hall–Kier alpha value is -2.91. The van der Waals surface area contributed by atoms with Gasteiger partial charge in [0, 0.05) is 0 Å². The Kier molecular flexibility index (Phi) is 21.5. The standard InChI is InChI=1S/2C29H43Si2.C12H7Si.2ClH.Zr/c2*1-11-12-13-21-16-22-14-15-27(29(2,3)4)28(26(22)17-21)23-18-24(30(5,6)7)20-25(19-23)31(8,9)10;1-3-7-11-9(5-1)10-6-2-4-8-12(10)13-11;;;/h2*14-20H,11-13H2,1-10H3;1-7H;2*1H;/q3*-1;;;+2/p-2. The van der Waals surface area contributed by atoms with Crippen LogP contribution in [0.2, 0.25) is 78.6 Å². The van der Waals surface area contributed by atoms with Gasteiger partial charge in [-0.25, -0.2) is 0 Å². The number of rotatable bonds is 12. The number of unbranched alkanes of at least 4 members (excludes halogenated alkanes) is 2. The monoisotopic (exact) mass is 1230 g/mol. The average Bonchev–Trinajstić information content (AvgIpc) is 4.08. The predicted octanol–water partition coefficient (Wildman–Crippen LogP) is 18.4. The molecule has 1 aliphatic heterocycles. The van der Waals surface area contributed by atoms with E-state index in [0.29, 0.717) is 0 Å². The van der Waals surface area contributed by atoms with Gasteiger partial charge in [0.15, 0.2) is 0 Å². The molecule has 0 aromatic heterocycles. The number of aryl methyl sites for hydroxylation is 2. The van der Waals surface area contributed by atoms with Crippen LogP contribution in [0.5, 0.6) is 0 Å². The van der Waals surface area contributed by atoms with E-state index in [-0.39, 0.29) is 10.8 Å². The molecule has 414 valence electrons. The molecule has 0 N–H and O–H groups in total. The van der Waals surface area contributed by atoms with E-state index >= 15 is 0 Å². The molecule has 0 nitrogen and oxygen atoms in total. The van der Waals surface area contributed by atoms with Crippen molar-refractivity contribution in [2.24, 2.45) is 0 Å². The maximum Gasteiger partial charge on any atom is 0.0920 e. The van der Waals surface area contributed by atoms with Crippen LogP contribution in [0.15, 0.2) is 127 Å². The first-order chi connectivity index (χ1) is 36.3. The summed E-state index contributed by atoms with van der Waals surface area (Å²) in [4.78, 5) is 0. The third-order valence-corrected chi connectivity index (χ3v) is 24.8. The van der Waals surface area contributed by atoms with Gasteiger partial charge in [-0.3, -0.25) is 0 Å². The number of benzene rings is 6. The van der Waals surface area contributed by atoms with Gasteiger partial charge in [-0.2, -0.15) is 41.6 Å². The summed E-state index contributed by atoms with van der Waals surface area (Å²) in [7, 11) is 4.95. The maximum atomic E-state index is 4.93. The van der Waals surface area contributed by atoms with Crippen LogP contribution in [0.4, 0.5) is 0 Å². The van der Waals surface area contributed by atoms with Gasteiger partial charge in [0.2, 0.25) is 0 Å². The van der Waals surface area contributed by atoms with Crippen LogP contribution in [0.3, 0.4) is 0 Å². The molecule has 2 radical (unpaired) electrons. The average molecular weight is 1240 g/mol. The van der Waals surface area contributed by atoms with Gasteiger partial charge in [0.25, 0.3) is 0 Å². The van der Waals surface area contributed by atoms with E-state index < -0.39 is 53.1 Å². The van der Waals surface area contributed by atoms with Crippen molar-refractivity contribution in [2.75, 3.05) is 0 Å². The minimum absolute atomic E-state index is 0.110. The summed E-state index contributed by atoms with van der Waals surface area (Å²) in [5, 5.41) is 14.9. The first kappa shape index (κ1) is 64.3. The van der Waals surface area contributed by atoms with E-state index in [4.69, 9.17) is 17.0 Å². The molecule has 1 aliphatic rings. The molecular weight excluding hydrogens is 1140 g/mol. The third-order valence-electron chi connectivity index (χ3n) is 15.4. The molecule has 0 saturated heterocycles. The fourth-order valence-electron chi connectivity index (χ4n) is 10.6. The fourth-order valence-corrected chi connectivity index (χ4v) is 16.9. The molecule has 0 amide bonds. The Labute approximate surface area is 500 Å². The van der Waals surface area contributed by atoms with E-state index in [1.807, 2.05) is 6.07 Å². The molecule has 9 rings (SSSR count). The Morgan fingerprint density at radius 1 is 0.487 bits per heavy atom. The quantitative estimate of drug-likeness (QED) is 0.0845. The van der Waals surface area contributed by atoms with Crippen LogP contribution in [-0.2, 0) is 44.5 Å². The van der Waals surface area contributed by atoms with Gasteiger partial charge in [-0.15, -0.1) is 74.6 Å². The molecule has 8 aromatic rings. The van der Waals surface area contributed by atoms with Crippen molar-refractivity contribution in [3.63, 3.8) is 0 Å². The van der Waals surface area contributed by atoms with Crippen LogP contribution < -0.4 is 31.1 Å². The predicted molar refractivity (Wildman–Crippen MR) is 364 cm³/mol. The van der Waals surface area contributed by atoms with E-state index in [1.165, 1.54) is 126 Å². The van der Waals surface area contributed by atoms with Crippen LogP contribution in [-0.4, -0.2) is 41.8 Å². The Balaban J connectivity index is 0.000000197. The summed E-state index contributed by atoms with van der Waals surface area (Å²) in [5.41, 5.74) is 14.8. The van der Waals surface area contributed by atoms with Crippen LogP contribution in [0.1, 0.15) is 103 Å². The van der Waals surface area contributed by atoms with Crippen molar-refractivity contribution in [2.45, 2.75) is 183 Å². The van der Waals surface area contributed by atoms with E-state index in [2.05, 4.69) is 261 Å². The minimum atomic E-state index is -1.43. The van der Waals surface area contributed by atoms with Crippen molar-refractivity contribution < 1.29 is 20.8 Å². The van der Waals surface area contributed by atoms with Crippen LogP contribution >= 0.6 is 17.0 Å². The topological polar surface area (TPSA) is 0 Å². The van der Waals surface area contributed by atoms with Gasteiger partial charge in [0.1, 0.15) is 0 Å². The molecule has 0 spiro atoms. The molecule has 0 saturated carbocycles. The SMILES string of the molecule is CCCCc1cc2c(-c3cc([Si](C)(C)C)cc([Si](C)(C)C)c3)c(C(C)(C)C)ccc2[cH-]1.CCCCc1cc2c(-c3cc([Si](C)(C)C)cc([Si](C)(C)C)c3)c(C(C)(C)C)ccc2[cH-]1.[Cl][Zr][Cl].[c-]1cccc2c1[Si]c1ccccc1-2.